The molecule has 0 fully saturated rings. The van der Waals surface area contributed by atoms with Gasteiger partial charge in [0.25, 0.3) is 0 Å². The van der Waals surface area contributed by atoms with Crippen LogP contribution in [0.3, 0.4) is 0 Å². The summed E-state index contributed by atoms with van der Waals surface area (Å²) in [5.41, 5.74) is 3.23. The Bertz CT molecular complexity index is 973. The highest BCUT2D eigenvalue weighted by molar-refractivity contribution is 5.84. The van der Waals surface area contributed by atoms with E-state index in [-0.39, 0.29) is 11.8 Å². The zero-order valence-corrected chi connectivity index (χ0v) is 13.2. The monoisotopic (exact) mass is 319 g/mol. The molecular formula is C19H17N3O2. The van der Waals surface area contributed by atoms with Gasteiger partial charge >= 0.3 is 0 Å². The second-order valence-electron chi connectivity index (χ2n) is 5.63. The number of aromatic hydroxyl groups is 1. The van der Waals surface area contributed by atoms with Crippen LogP contribution in [-0.2, 0) is 0 Å². The number of phenols is 1. The number of aromatic amines is 1. The van der Waals surface area contributed by atoms with Crippen molar-refractivity contribution in [1.82, 2.24) is 14.5 Å². The van der Waals surface area contributed by atoms with Gasteiger partial charge in [-0.25, -0.2) is 4.98 Å². The summed E-state index contributed by atoms with van der Waals surface area (Å²) >= 11 is 0. The van der Waals surface area contributed by atoms with Gasteiger partial charge < -0.3 is 19.4 Å². The summed E-state index contributed by atoms with van der Waals surface area (Å²) in [6, 6.07) is 13.6. The lowest BCUT2D eigenvalue weighted by Gasteiger charge is -2.20. The number of nitrogens with one attached hydrogen (secondary N) is 1. The van der Waals surface area contributed by atoms with Crippen molar-refractivity contribution >= 4 is 10.9 Å². The van der Waals surface area contributed by atoms with Gasteiger partial charge in [0.05, 0.1) is 19.5 Å². The van der Waals surface area contributed by atoms with Gasteiger partial charge in [-0.05, 0) is 23.8 Å². The van der Waals surface area contributed by atoms with Crippen molar-refractivity contribution in [3.63, 3.8) is 0 Å². The fourth-order valence-electron chi connectivity index (χ4n) is 3.12. The van der Waals surface area contributed by atoms with E-state index < -0.39 is 0 Å². The Hall–Kier alpha value is -3.21. The smallest absolute Gasteiger partial charge is 0.160 e. The second-order valence-corrected chi connectivity index (χ2v) is 5.63. The molecule has 2 heterocycles. The lowest BCUT2D eigenvalue weighted by atomic mass is 9.97. The highest BCUT2D eigenvalue weighted by Crippen LogP contribution is 2.36. The molecule has 24 heavy (non-hydrogen) atoms. The van der Waals surface area contributed by atoms with Gasteiger partial charge in [-0.15, -0.1) is 0 Å². The SMILES string of the molecule is COc1cc(C(c2c[nH]c3ccccc23)n2ccnc2)ccc1O. The Balaban J connectivity index is 1.93. The summed E-state index contributed by atoms with van der Waals surface area (Å²) in [6.07, 6.45) is 7.52. The normalized spacial score (nSPS) is 12.4. The molecule has 0 bridgehead atoms. The van der Waals surface area contributed by atoms with Gasteiger partial charge in [0, 0.05) is 35.1 Å². The first kappa shape index (κ1) is 14.4. The van der Waals surface area contributed by atoms with Crippen LogP contribution >= 0.6 is 0 Å². The van der Waals surface area contributed by atoms with E-state index in [2.05, 4.69) is 22.1 Å². The third kappa shape index (κ3) is 2.31. The molecule has 4 aromatic rings. The molecule has 0 saturated heterocycles. The first-order chi connectivity index (χ1) is 11.8. The van der Waals surface area contributed by atoms with Gasteiger partial charge in [-0.3, -0.25) is 0 Å². The number of hydrogen-bond acceptors (Lipinski definition) is 3. The third-order valence-electron chi connectivity index (χ3n) is 4.26. The van der Waals surface area contributed by atoms with Crippen molar-refractivity contribution in [1.29, 1.82) is 0 Å². The first-order valence-corrected chi connectivity index (χ1v) is 7.68. The third-order valence-corrected chi connectivity index (χ3v) is 4.26. The number of ether oxygens (including phenoxy) is 1. The number of para-hydroxylation sites is 1. The maximum absolute atomic E-state index is 9.90. The molecule has 2 aromatic carbocycles. The van der Waals surface area contributed by atoms with Gasteiger partial charge in [0.15, 0.2) is 11.5 Å². The van der Waals surface area contributed by atoms with Crippen LogP contribution in [0, 0.1) is 0 Å². The topological polar surface area (TPSA) is 63.1 Å². The molecule has 0 aliphatic heterocycles. The van der Waals surface area contributed by atoms with Crippen LogP contribution in [0.15, 0.2) is 67.4 Å². The highest BCUT2D eigenvalue weighted by Gasteiger charge is 2.20. The van der Waals surface area contributed by atoms with Crippen LogP contribution in [-0.4, -0.2) is 26.8 Å². The van der Waals surface area contributed by atoms with Crippen molar-refractivity contribution in [3.8, 4) is 11.5 Å². The van der Waals surface area contributed by atoms with E-state index in [1.165, 1.54) is 0 Å². The minimum atomic E-state index is -0.0712. The zero-order valence-electron chi connectivity index (χ0n) is 13.2. The van der Waals surface area contributed by atoms with Crippen LogP contribution in [0.1, 0.15) is 17.2 Å². The molecule has 0 amide bonds. The quantitative estimate of drug-likeness (QED) is 0.602. The predicted octanol–water partition coefficient (Wildman–Crippen LogP) is 3.72. The summed E-state index contributed by atoms with van der Waals surface area (Å²) in [5, 5.41) is 11.1. The first-order valence-electron chi connectivity index (χ1n) is 7.68. The summed E-state index contributed by atoms with van der Waals surface area (Å²) in [4.78, 5) is 7.52. The average Bonchev–Trinajstić information content (AvgIpc) is 3.27. The Morgan fingerprint density at radius 2 is 2.08 bits per heavy atom. The molecule has 4 rings (SSSR count). The van der Waals surface area contributed by atoms with Crippen LogP contribution in [0.5, 0.6) is 11.5 Å². The molecule has 0 spiro atoms. The molecule has 5 nitrogen and oxygen atoms in total. The second kappa shape index (κ2) is 5.77. The minimum Gasteiger partial charge on any atom is -0.504 e. The Morgan fingerprint density at radius 3 is 2.88 bits per heavy atom. The van der Waals surface area contributed by atoms with E-state index in [1.54, 1.807) is 25.7 Å². The number of rotatable bonds is 4. The molecule has 2 aromatic heterocycles. The van der Waals surface area contributed by atoms with E-state index >= 15 is 0 Å². The predicted molar refractivity (Wildman–Crippen MR) is 92.4 cm³/mol. The van der Waals surface area contributed by atoms with Crippen molar-refractivity contribution in [2.45, 2.75) is 6.04 Å². The van der Waals surface area contributed by atoms with E-state index in [0.717, 1.165) is 22.0 Å². The standard InChI is InChI=1S/C19H17N3O2/c1-24-18-10-13(6-7-17(18)23)19(22-9-8-20-12-22)15-11-21-16-5-3-2-4-14(15)16/h2-12,19,21,23H,1H3. The summed E-state index contributed by atoms with van der Waals surface area (Å²) in [7, 11) is 1.55. The number of fused-ring (bicyclic) bond motifs is 1. The molecule has 0 radical (unpaired) electrons. The average molecular weight is 319 g/mol. The summed E-state index contributed by atoms with van der Waals surface area (Å²) in [5.74, 6) is 0.585. The van der Waals surface area contributed by atoms with Crippen molar-refractivity contribution in [2.75, 3.05) is 7.11 Å². The summed E-state index contributed by atoms with van der Waals surface area (Å²) < 4.78 is 7.32. The molecule has 0 saturated carbocycles. The Morgan fingerprint density at radius 1 is 1.21 bits per heavy atom. The maximum Gasteiger partial charge on any atom is 0.160 e. The van der Waals surface area contributed by atoms with E-state index in [1.807, 2.05) is 41.2 Å². The van der Waals surface area contributed by atoms with Gasteiger partial charge in [0.1, 0.15) is 0 Å². The van der Waals surface area contributed by atoms with Crippen LogP contribution in [0.4, 0.5) is 0 Å². The fourth-order valence-corrected chi connectivity index (χ4v) is 3.12. The fraction of sp³-hybridized carbons (Fsp3) is 0.105. The molecule has 1 unspecified atom stereocenters. The van der Waals surface area contributed by atoms with E-state index in [0.29, 0.717) is 5.75 Å². The number of benzene rings is 2. The number of nitrogens with zero attached hydrogens (tertiary/aromatic N) is 2. The van der Waals surface area contributed by atoms with E-state index in [9.17, 15) is 5.11 Å². The number of phenolic OH excluding ortho intramolecular Hbond substituents is 1. The molecule has 0 aliphatic carbocycles. The minimum absolute atomic E-state index is 0.0712. The van der Waals surface area contributed by atoms with Crippen LogP contribution < -0.4 is 4.74 Å². The van der Waals surface area contributed by atoms with Gasteiger partial charge in [0.2, 0.25) is 0 Å². The maximum atomic E-state index is 9.90. The lowest BCUT2D eigenvalue weighted by Crippen LogP contribution is -2.10. The number of imidazole rings is 1. The van der Waals surface area contributed by atoms with Crippen LogP contribution in [0.2, 0.25) is 0 Å². The molecule has 1 atom stereocenters. The van der Waals surface area contributed by atoms with E-state index in [4.69, 9.17) is 4.74 Å². The Kier molecular flexibility index (Phi) is 3.46. The zero-order chi connectivity index (χ0) is 16.5. The van der Waals surface area contributed by atoms with Crippen LogP contribution in [0.25, 0.3) is 10.9 Å². The molecular weight excluding hydrogens is 302 g/mol. The van der Waals surface area contributed by atoms with Crippen molar-refractivity contribution in [3.05, 3.63) is 78.5 Å². The molecule has 2 N–H and O–H groups in total. The Labute approximate surface area is 139 Å². The lowest BCUT2D eigenvalue weighted by molar-refractivity contribution is 0.372. The largest absolute Gasteiger partial charge is 0.504 e. The van der Waals surface area contributed by atoms with Crippen molar-refractivity contribution < 1.29 is 9.84 Å². The molecule has 5 heteroatoms. The van der Waals surface area contributed by atoms with Crippen molar-refractivity contribution in [2.24, 2.45) is 0 Å². The summed E-state index contributed by atoms with van der Waals surface area (Å²) in [6.45, 7) is 0. The highest BCUT2D eigenvalue weighted by atomic mass is 16.5. The number of aromatic nitrogens is 3. The van der Waals surface area contributed by atoms with Gasteiger partial charge in [-0.1, -0.05) is 24.3 Å². The number of hydrogen-bond donors (Lipinski definition) is 2. The van der Waals surface area contributed by atoms with Gasteiger partial charge in [-0.2, -0.15) is 0 Å². The molecule has 0 aliphatic rings. The molecule has 120 valence electrons. The number of H-pyrrole nitrogens is 1. The number of methoxy groups -OCH3 is 1.